The van der Waals surface area contributed by atoms with Crippen LogP contribution in [0.1, 0.15) is 0 Å². The average Bonchev–Trinajstić information content (AvgIpc) is 2.79. The molecule has 0 aliphatic rings. The first kappa shape index (κ1) is 12.8. The van der Waals surface area contributed by atoms with E-state index >= 15 is 0 Å². The van der Waals surface area contributed by atoms with E-state index in [2.05, 4.69) is 6.58 Å². The van der Waals surface area contributed by atoms with Gasteiger partial charge in [0.1, 0.15) is 0 Å². The largest absolute Gasteiger partial charge is 0.317 e. The molecule has 0 fully saturated rings. The standard InChI is InChI=1S/C14H9N3O4/c1-2-15-13-5-3-9(16(18)19)7-11(13)12-8-10(17(20)21)4-6-14(12)15/h2-8H,1H2. The average molecular weight is 283 g/mol. The minimum absolute atomic E-state index is 0.0582. The number of benzene rings is 2. The zero-order chi connectivity index (χ0) is 15.1. The number of fused-ring (bicyclic) bond motifs is 3. The van der Waals surface area contributed by atoms with Gasteiger partial charge in [-0.05, 0) is 12.1 Å². The van der Waals surface area contributed by atoms with Crippen molar-refractivity contribution in [2.24, 2.45) is 0 Å². The van der Waals surface area contributed by atoms with Crippen LogP contribution in [0.5, 0.6) is 0 Å². The van der Waals surface area contributed by atoms with E-state index in [1.54, 1.807) is 22.9 Å². The van der Waals surface area contributed by atoms with Gasteiger partial charge >= 0.3 is 0 Å². The Morgan fingerprint density at radius 1 is 0.905 bits per heavy atom. The molecule has 0 aliphatic heterocycles. The lowest BCUT2D eigenvalue weighted by Gasteiger charge is -1.98. The van der Waals surface area contributed by atoms with Crippen molar-refractivity contribution in [2.75, 3.05) is 0 Å². The van der Waals surface area contributed by atoms with Crippen LogP contribution in [0.15, 0.2) is 43.0 Å². The maximum Gasteiger partial charge on any atom is 0.270 e. The fourth-order valence-corrected chi connectivity index (χ4v) is 2.45. The number of nitrogens with zero attached hydrogens (tertiary/aromatic N) is 3. The second-order valence-electron chi connectivity index (χ2n) is 4.47. The Hall–Kier alpha value is -3.22. The molecule has 0 saturated heterocycles. The van der Waals surface area contributed by atoms with Crippen LogP contribution in [-0.4, -0.2) is 14.4 Å². The van der Waals surface area contributed by atoms with E-state index in [0.29, 0.717) is 21.8 Å². The Kier molecular flexibility index (Phi) is 2.69. The summed E-state index contributed by atoms with van der Waals surface area (Å²) >= 11 is 0. The molecule has 0 amide bonds. The molecule has 0 N–H and O–H groups in total. The number of rotatable bonds is 3. The van der Waals surface area contributed by atoms with Crippen molar-refractivity contribution >= 4 is 39.4 Å². The molecule has 0 spiro atoms. The Labute approximate surface area is 118 Å². The van der Waals surface area contributed by atoms with Gasteiger partial charge in [0.25, 0.3) is 11.4 Å². The van der Waals surface area contributed by atoms with Crippen molar-refractivity contribution in [3.63, 3.8) is 0 Å². The summed E-state index contributed by atoms with van der Waals surface area (Å²) in [5.74, 6) is 0. The molecular weight excluding hydrogens is 274 g/mol. The van der Waals surface area contributed by atoms with Crippen molar-refractivity contribution in [3.8, 4) is 0 Å². The zero-order valence-electron chi connectivity index (χ0n) is 10.7. The summed E-state index contributed by atoms with van der Waals surface area (Å²) in [5.41, 5.74) is 1.31. The summed E-state index contributed by atoms with van der Waals surface area (Å²) in [7, 11) is 0. The first-order chi connectivity index (χ1) is 10.0. The molecule has 0 unspecified atom stereocenters. The topological polar surface area (TPSA) is 91.2 Å². The van der Waals surface area contributed by atoms with Gasteiger partial charge in [-0.3, -0.25) is 20.2 Å². The SMILES string of the molecule is C=Cn1c2ccc([N+](=O)[O-])cc2c2cc([N+](=O)[O-])ccc21. The minimum atomic E-state index is -0.492. The van der Waals surface area contributed by atoms with Gasteiger partial charge in [0.05, 0.1) is 20.9 Å². The fourth-order valence-electron chi connectivity index (χ4n) is 2.45. The predicted molar refractivity (Wildman–Crippen MR) is 79.1 cm³/mol. The predicted octanol–water partition coefficient (Wildman–Crippen LogP) is 3.71. The van der Waals surface area contributed by atoms with E-state index in [1.807, 2.05) is 0 Å². The van der Waals surface area contributed by atoms with Gasteiger partial charge in [-0.15, -0.1) is 0 Å². The lowest BCUT2D eigenvalue weighted by molar-refractivity contribution is -0.385. The third-order valence-electron chi connectivity index (χ3n) is 3.37. The van der Waals surface area contributed by atoms with E-state index in [-0.39, 0.29) is 11.4 Å². The molecule has 7 heteroatoms. The third kappa shape index (κ3) is 1.83. The van der Waals surface area contributed by atoms with Gasteiger partial charge in [-0.2, -0.15) is 0 Å². The minimum Gasteiger partial charge on any atom is -0.317 e. The molecule has 1 aromatic heterocycles. The second-order valence-corrected chi connectivity index (χ2v) is 4.47. The van der Waals surface area contributed by atoms with Crippen molar-refractivity contribution in [1.82, 2.24) is 4.57 Å². The van der Waals surface area contributed by atoms with Crippen molar-refractivity contribution < 1.29 is 9.85 Å². The number of aromatic nitrogens is 1. The lowest BCUT2D eigenvalue weighted by atomic mass is 10.1. The Morgan fingerprint density at radius 2 is 1.33 bits per heavy atom. The van der Waals surface area contributed by atoms with Crippen molar-refractivity contribution in [1.29, 1.82) is 0 Å². The van der Waals surface area contributed by atoms with Crippen LogP contribution in [0, 0.1) is 20.2 Å². The maximum atomic E-state index is 10.9. The Morgan fingerprint density at radius 3 is 1.67 bits per heavy atom. The maximum absolute atomic E-state index is 10.9. The highest BCUT2D eigenvalue weighted by Gasteiger charge is 2.16. The van der Waals surface area contributed by atoms with Gasteiger partial charge < -0.3 is 4.57 Å². The van der Waals surface area contributed by atoms with Crippen LogP contribution in [0.3, 0.4) is 0 Å². The lowest BCUT2D eigenvalue weighted by Crippen LogP contribution is -1.88. The first-order valence-electron chi connectivity index (χ1n) is 6.02. The number of hydrogen-bond acceptors (Lipinski definition) is 4. The number of non-ortho nitro benzene ring substituents is 2. The van der Waals surface area contributed by atoms with Gasteiger partial charge in [-0.25, -0.2) is 0 Å². The van der Waals surface area contributed by atoms with Gasteiger partial charge in [0, 0.05) is 41.2 Å². The normalized spacial score (nSPS) is 10.9. The van der Waals surface area contributed by atoms with Crippen molar-refractivity contribution in [3.05, 3.63) is 63.2 Å². The molecule has 0 bridgehead atoms. The second kappa shape index (κ2) is 4.41. The Bertz CT molecular complexity index is 856. The summed E-state index contributed by atoms with van der Waals surface area (Å²) in [6, 6.07) is 8.86. The van der Waals surface area contributed by atoms with Crippen LogP contribution < -0.4 is 0 Å². The molecule has 0 radical (unpaired) electrons. The zero-order valence-corrected chi connectivity index (χ0v) is 10.7. The van der Waals surface area contributed by atoms with Crippen LogP contribution in [-0.2, 0) is 0 Å². The van der Waals surface area contributed by atoms with E-state index in [1.165, 1.54) is 24.3 Å². The van der Waals surface area contributed by atoms with E-state index < -0.39 is 9.85 Å². The molecular formula is C14H9N3O4. The molecule has 0 atom stereocenters. The number of nitro benzene ring substituents is 2. The third-order valence-corrected chi connectivity index (χ3v) is 3.37. The molecule has 1 heterocycles. The van der Waals surface area contributed by atoms with Crippen molar-refractivity contribution in [2.45, 2.75) is 0 Å². The molecule has 21 heavy (non-hydrogen) atoms. The van der Waals surface area contributed by atoms with Gasteiger partial charge in [0.15, 0.2) is 0 Å². The highest BCUT2D eigenvalue weighted by molar-refractivity contribution is 6.10. The fraction of sp³-hybridized carbons (Fsp3) is 0. The van der Waals surface area contributed by atoms with Gasteiger partial charge in [-0.1, -0.05) is 6.58 Å². The number of hydrogen-bond donors (Lipinski definition) is 0. The van der Waals surface area contributed by atoms with E-state index in [4.69, 9.17) is 0 Å². The number of nitro groups is 2. The monoisotopic (exact) mass is 283 g/mol. The smallest absolute Gasteiger partial charge is 0.270 e. The van der Waals surface area contributed by atoms with Gasteiger partial charge in [0.2, 0.25) is 0 Å². The summed E-state index contributed by atoms with van der Waals surface area (Å²) in [6.07, 6.45) is 1.57. The van der Waals surface area contributed by atoms with Crippen LogP contribution in [0.25, 0.3) is 28.0 Å². The molecule has 104 valence electrons. The van der Waals surface area contributed by atoms with Crippen LogP contribution in [0.2, 0.25) is 0 Å². The highest BCUT2D eigenvalue weighted by Crippen LogP contribution is 2.33. The van der Waals surface area contributed by atoms with Crippen LogP contribution >= 0.6 is 0 Å². The summed E-state index contributed by atoms with van der Waals surface area (Å²) in [4.78, 5) is 20.8. The first-order valence-corrected chi connectivity index (χ1v) is 6.02. The van der Waals surface area contributed by atoms with E-state index in [0.717, 1.165) is 0 Å². The molecule has 2 aromatic carbocycles. The Balaban J connectivity index is 2.48. The summed E-state index contributed by atoms with van der Waals surface area (Å²) < 4.78 is 1.75. The van der Waals surface area contributed by atoms with E-state index in [9.17, 15) is 20.2 Å². The summed E-state index contributed by atoms with van der Waals surface area (Å²) in [5, 5.41) is 23.0. The summed E-state index contributed by atoms with van der Waals surface area (Å²) in [6.45, 7) is 3.71. The molecule has 0 aliphatic carbocycles. The molecule has 0 saturated carbocycles. The quantitative estimate of drug-likeness (QED) is 0.541. The molecule has 3 rings (SSSR count). The molecule has 3 aromatic rings. The highest BCUT2D eigenvalue weighted by atomic mass is 16.6. The van der Waals surface area contributed by atoms with Crippen LogP contribution in [0.4, 0.5) is 11.4 Å². The molecule has 7 nitrogen and oxygen atoms in total.